The zero-order valence-corrected chi connectivity index (χ0v) is 16.0. The van der Waals surface area contributed by atoms with Crippen molar-refractivity contribution in [1.29, 1.82) is 0 Å². The molecule has 0 aromatic carbocycles. The van der Waals surface area contributed by atoms with E-state index < -0.39 is 0 Å². The van der Waals surface area contributed by atoms with Gasteiger partial charge in [0, 0.05) is 20.3 Å². The van der Waals surface area contributed by atoms with Crippen molar-refractivity contribution in [2.75, 3.05) is 0 Å². The Bertz CT molecular complexity index is 858. The lowest BCUT2D eigenvalue weighted by molar-refractivity contribution is 0.180. The zero-order valence-electron chi connectivity index (χ0n) is 16.0. The van der Waals surface area contributed by atoms with E-state index in [9.17, 15) is 14.7 Å². The average molecular weight is 362 g/mol. The van der Waals surface area contributed by atoms with Crippen molar-refractivity contribution in [2.45, 2.75) is 64.4 Å². The highest BCUT2D eigenvalue weighted by atomic mass is 16.3. The largest absolute Gasteiger partial charge is 0.393 e. The van der Waals surface area contributed by atoms with Crippen molar-refractivity contribution >= 4 is 17.4 Å². The van der Waals surface area contributed by atoms with E-state index in [2.05, 4.69) is 4.98 Å². The SMILES string of the molecule is CC(O)CCCCCCCCC=Cn1c(=O)c2c(ncn2C)n(C)c1=O. The monoisotopic (exact) mass is 362 g/mol. The van der Waals surface area contributed by atoms with Crippen LogP contribution in [0.5, 0.6) is 0 Å². The number of aliphatic hydroxyl groups excluding tert-OH is 1. The van der Waals surface area contributed by atoms with Gasteiger partial charge >= 0.3 is 5.69 Å². The minimum absolute atomic E-state index is 0.193. The minimum atomic E-state index is -0.379. The van der Waals surface area contributed by atoms with Crippen molar-refractivity contribution in [3.63, 3.8) is 0 Å². The smallest absolute Gasteiger partial charge is 0.336 e. The highest BCUT2D eigenvalue weighted by Gasteiger charge is 2.13. The molecule has 2 aromatic rings. The lowest BCUT2D eigenvalue weighted by Crippen LogP contribution is -2.36. The standard InChI is InChI=1S/C19H30N4O3/c1-15(24)12-10-8-6-4-5-7-9-11-13-23-18(25)16-17(20-14-21(16)2)22(3)19(23)26/h11,13-15,24H,4-10,12H2,1-3H3. The highest BCUT2D eigenvalue weighted by Crippen LogP contribution is 2.10. The molecule has 2 aromatic heterocycles. The van der Waals surface area contributed by atoms with E-state index >= 15 is 0 Å². The number of aliphatic hydroxyl groups is 1. The molecule has 0 radical (unpaired) electrons. The normalized spacial score (nSPS) is 13.1. The maximum atomic E-state index is 12.5. The van der Waals surface area contributed by atoms with Crippen LogP contribution in [0.25, 0.3) is 17.4 Å². The number of rotatable bonds is 10. The molecule has 1 unspecified atom stereocenters. The molecule has 0 saturated carbocycles. The predicted octanol–water partition coefficient (Wildman–Crippen LogP) is 2.41. The number of allylic oxidation sites excluding steroid dienone is 1. The van der Waals surface area contributed by atoms with Crippen LogP contribution >= 0.6 is 0 Å². The third kappa shape index (κ3) is 4.94. The van der Waals surface area contributed by atoms with Gasteiger partial charge < -0.3 is 9.67 Å². The Morgan fingerprint density at radius 2 is 1.77 bits per heavy atom. The number of imidazole rings is 1. The van der Waals surface area contributed by atoms with Crippen LogP contribution in [0.4, 0.5) is 0 Å². The van der Waals surface area contributed by atoms with Crippen LogP contribution in [-0.4, -0.2) is 29.9 Å². The average Bonchev–Trinajstić information content (AvgIpc) is 2.99. The second kappa shape index (κ2) is 9.52. The first-order chi connectivity index (χ1) is 12.4. The highest BCUT2D eigenvalue weighted by molar-refractivity contribution is 5.70. The Morgan fingerprint density at radius 3 is 2.46 bits per heavy atom. The van der Waals surface area contributed by atoms with Crippen LogP contribution in [-0.2, 0) is 14.1 Å². The predicted molar refractivity (Wildman–Crippen MR) is 104 cm³/mol. The Kier molecular flexibility index (Phi) is 7.38. The summed E-state index contributed by atoms with van der Waals surface area (Å²) in [5, 5.41) is 9.20. The summed E-state index contributed by atoms with van der Waals surface area (Å²) in [6, 6.07) is 0. The summed E-state index contributed by atoms with van der Waals surface area (Å²) >= 11 is 0. The molecule has 1 N–H and O–H groups in total. The number of aromatic nitrogens is 4. The molecule has 2 heterocycles. The van der Waals surface area contributed by atoms with E-state index in [1.165, 1.54) is 17.4 Å². The van der Waals surface area contributed by atoms with Crippen LogP contribution in [0.15, 0.2) is 22.0 Å². The van der Waals surface area contributed by atoms with Crippen molar-refractivity contribution < 1.29 is 5.11 Å². The van der Waals surface area contributed by atoms with Gasteiger partial charge in [-0.2, -0.15) is 0 Å². The Hall–Kier alpha value is -2.15. The molecular formula is C19H30N4O3. The quantitative estimate of drug-likeness (QED) is 0.658. The van der Waals surface area contributed by atoms with Crippen molar-refractivity contribution in [3.05, 3.63) is 33.2 Å². The van der Waals surface area contributed by atoms with Gasteiger partial charge in [-0.15, -0.1) is 0 Å². The number of unbranched alkanes of at least 4 members (excludes halogenated alkanes) is 6. The lowest BCUT2D eigenvalue weighted by Gasteiger charge is -2.05. The van der Waals surface area contributed by atoms with Crippen molar-refractivity contribution in [2.24, 2.45) is 14.1 Å². The van der Waals surface area contributed by atoms with Gasteiger partial charge in [0.05, 0.1) is 12.4 Å². The molecule has 0 amide bonds. The summed E-state index contributed by atoms with van der Waals surface area (Å²) in [7, 11) is 3.37. The Labute approximate surface area is 153 Å². The van der Waals surface area contributed by atoms with Gasteiger partial charge in [-0.05, 0) is 26.2 Å². The maximum Gasteiger partial charge on any atom is 0.336 e. The fraction of sp³-hybridized carbons (Fsp3) is 0.632. The first-order valence-electron chi connectivity index (χ1n) is 9.40. The second-order valence-electron chi connectivity index (χ2n) is 6.98. The van der Waals surface area contributed by atoms with Crippen molar-refractivity contribution in [3.8, 4) is 0 Å². The van der Waals surface area contributed by atoms with E-state index in [0.29, 0.717) is 11.2 Å². The molecule has 1 atom stereocenters. The van der Waals surface area contributed by atoms with Crippen LogP contribution in [0.1, 0.15) is 58.3 Å². The zero-order chi connectivity index (χ0) is 19.1. The summed E-state index contributed by atoms with van der Waals surface area (Å²) in [6.45, 7) is 1.83. The van der Waals surface area contributed by atoms with E-state index in [0.717, 1.165) is 43.1 Å². The number of hydrogen-bond acceptors (Lipinski definition) is 4. The third-order valence-corrected chi connectivity index (χ3v) is 4.65. The summed E-state index contributed by atoms with van der Waals surface area (Å²) in [4.78, 5) is 29.0. The number of fused-ring (bicyclic) bond motifs is 1. The lowest BCUT2D eigenvalue weighted by atomic mass is 10.1. The molecule has 0 aliphatic heterocycles. The van der Waals surface area contributed by atoms with Gasteiger partial charge in [0.25, 0.3) is 5.56 Å². The number of hydrogen-bond donors (Lipinski definition) is 1. The molecule has 0 fully saturated rings. The number of aryl methyl sites for hydroxylation is 2. The van der Waals surface area contributed by atoms with E-state index in [1.807, 2.05) is 13.0 Å². The molecule has 144 valence electrons. The topological polar surface area (TPSA) is 82.1 Å². The fourth-order valence-electron chi connectivity index (χ4n) is 3.08. The van der Waals surface area contributed by atoms with Gasteiger partial charge in [-0.1, -0.05) is 38.2 Å². The summed E-state index contributed by atoms with van der Waals surface area (Å²) in [6.07, 6.45) is 13.3. The van der Waals surface area contributed by atoms with E-state index in [-0.39, 0.29) is 17.4 Å². The Morgan fingerprint density at radius 1 is 1.12 bits per heavy atom. The van der Waals surface area contributed by atoms with Gasteiger partial charge in [-0.3, -0.25) is 9.36 Å². The van der Waals surface area contributed by atoms with Crippen LogP contribution in [0.3, 0.4) is 0 Å². The van der Waals surface area contributed by atoms with Gasteiger partial charge in [0.1, 0.15) is 0 Å². The first kappa shape index (κ1) is 20.2. The summed E-state index contributed by atoms with van der Waals surface area (Å²) in [5.41, 5.74) is 0.115. The van der Waals surface area contributed by atoms with Gasteiger partial charge in [-0.25, -0.2) is 14.3 Å². The van der Waals surface area contributed by atoms with E-state index in [1.54, 1.807) is 31.2 Å². The third-order valence-electron chi connectivity index (χ3n) is 4.65. The molecule has 0 spiro atoms. The molecule has 26 heavy (non-hydrogen) atoms. The molecule has 0 saturated heterocycles. The second-order valence-corrected chi connectivity index (χ2v) is 6.98. The maximum absolute atomic E-state index is 12.5. The molecule has 0 aliphatic rings. The summed E-state index contributed by atoms with van der Waals surface area (Å²) in [5.74, 6) is 0. The van der Waals surface area contributed by atoms with Crippen LogP contribution in [0.2, 0.25) is 0 Å². The molecular weight excluding hydrogens is 332 g/mol. The van der Waals surface area contributed by atoms with E-state index in [4.69, 9.17) is 0 Å². The Balaban J connectivity index is 1.85. The van der Waals surface area contributed by atoms with Crippen LogP contribution < -0.4 is 11.2 Å². The fourth-order valence-corrected chi connectivity index (χ4v) is 3.08. The first-order valence-corrected chi connectivity index (χ1v) is 9.40. The molecule has 7 heteroatoms. The van der Waals surface area contributed by atoms with Crippen LogP contribution in [0, 0.1) is 0 Å². The molecule has 0 aliphatic carbocycles. The summed E-state index contributed by atoms with van der Waals surface area (Å²) < 4.78 is 4.19. The molecule has 7 nitrogen and oxygen atoms in total. The van der Waals surface area contributed by atoms with Gasteiger partial charge in [0.2, 0.25) is 0 Å². The molecule has 2 rings (SSSR count). The number of nitrogens with zero attached hydrogens (tertiary/aromatic N) is 4. The molecule has 0 bridgehead atoms. The van der Waals surface area contributed by atoms with Crippen molar-refractivity contribution in [1.82, 2.24) is 18.7 Å². The minimum Gasteiger partial charge on any atom is -0.393 e. The van der Waals surface area contributed by atoms with Gasteiger partial charge in [0.15, 0.2) is 11.2 Å².